The zero-order valence-corrected chi connectivity index (χ0v) is 9.85. The second-order valence-corrected chi connectivity index (χ2v) is 5.19. The predicted molar refractivity (Wildman–Crippen MR) is 55.1 cm³/mol. The molecule has 100 valence electrons. The standard InChI is InChI=1S/C8H14O8S/c1-2-3-4-8(7(12)13,17(14,15)16)5(9)6(10)11/h5,9H,2-4H2,1H3,(H,10,11)(H,12,13)(H,14,15,16). The fourth-order valence-electron chi connectivity index (χ4n) is 1.38. The van der Waals surface area contributed by atoms with Gasteiger partial charge in [-0.05, 0) is 6.42 Å². The van der Waals surface area contributed by atoms with Gasteiger partial charge in [0.25, 0.3) is 10.1 Å². The first-order valence-electron chi connectivity index (χ1n) is 4.72. The van der Waals surface area contributed by atoms with Gasteiger partial charge in [0, 0.05) is 0 Å². The molecule has 9 heteroatoms. The molecule has 8 nitrogen and oxygen atoms in total. The molecular weight excluding hydrogens is 256 g/mol. The lowest BCUT2D eigenvalue weighted by Gasteiger charge is -2.28. The van der Waals surface area contributed by atoms with Gasteiger partial charge in [-0.25, -0.2) is 4.79 Å². The van der Waals surface area contributed by atoms with Gasteiger partial charge in [-0.2, -0.15) is 8.42 Å². The van der Waals surface area contributed by atoms with Crippen molar-refractivity contribution < 1.29 is 37.9 Å². The molecule has 0 rings (SSSR count). The van der Waals surface area contributed by atoms with Gasteiger partial charge in [0.2, 0.25) is 4.75 Å². The van der Waals surface area contributed by atoms with Crippen LogP contribution >= 0.6 is 0 Å². The Kier molecular flexibility index (Phi) is 5.05. The highest BCUT2D eigenvalue weighted by Crippen LogP contribution is 2.28. The number of carboxylic acids is 2. The number of aliphatic carboxylic acids is 2. The minimum atomic E-state index is -5.27. The molecule has 0 amide bonds. The summed E-state index contributed by atoms with van der Waals surface area (Å²) in [6.07, 6.45) is -3.03. The van der Waals surface area contributed by atoms with E-state index < -0.39 is 39.3 Å². The molecule has 0 spiro atoms. The van der Waals surface area contributed by atoms with Crippen LogP contribution in [-0.4, -0.2) is 51.1 Å². The van der Waals surface area contributed by atoms with E-state index in [9.17, 15) is 23.1 Å². The lowest BCUT2D eigenvalue weighted by atomic mass is 9.95. The summed E-state index contributed by atoms with van der Waals surface area (Å²) in [5, 5.41) is 26.6. The topological polar surface area (TPSA) is 149 Å². The molecule has 0 saturated carbocycles. The molecule has 0 aromatic heterocycles. The number of unbranched alkanes of at least 4 members (excludes halogenated alkanes) is 1. The average Bonchev–Trinajstić information content (AvgIpc) is 2.15. The Labute approximate surface area is 97.6 Å². The van der Waals surface area contributed by atoms with E-state index in [0.717, 1.165) is 0 Å². The van der Waals surface area contributed by atoms with Crippen molar-refractivity contribution in [2.24, 2.45) is 0 Å². The Hall–Kier alpha value is -1.19. The maximum absolute atomic E-state index is 11.1. The molecule has 0 fully saturated rings. The Morgan fingerprint density at radius 1 is 1.29 bits per heavy atom. The van der Waals surface area contributed by atoms with Crippen molar-refractivity contribution in [1.82, 2.24) is 0 Å². The fraction of sp³-hybridized carbons (Fsp3) is 0.750. The number of rotatable bonds is 7. The molecule has 0 aromatic rings. The Morgan fingerprint density at radius 2 is 1.76 bits per heavy atom. The molecule has 0 aromatic carbocycles. The van der Waals surface area contributed by atoms with E-state index in [4.69, 9.17) is 14.8 Å². The highest BCUT2D eigenvalue weighted by atomic mass is 32.2. The molecule has 2 unspecified atom stereocenters. The Bertz CT molecular complexity index is 400. The zero-order valence-electron chi connectivity index (χ0n) is 9.03. The largest absolute Gasteiger partial charge is 0.480 e. The second kappa shape index (κ2) is 5.43. The summed E-state index contributed by atoms with van der Waals surface area (Å²) in [6.45, 7) is 1.61. The molecule has 0 aliphatic rings. The summed E-state index contributed by atoms with van der Waals surface area (Å²) < 4.78 is 28.0. The van der Waals surface area contributed by atoms with Gasteiger partial charge in [-0.3, -0.25) is 9.35 Å². The third-order valence-electron chi connectivity index (χ3n) is 2.40. The summed E-state index contributed by atoms with van der Waals surface area (Å²) in [6, 6.07) is 0. The molecule has 0 saturated heterocycles. The van der Waals surface area contributed by atoms with Crippen LogP contribution in [0.5, 0.6) is 0 Å². The number of aliphatic hydroxyl groups is 1. The van der Waals surface area contributed by atoms with Crippen LogP contribution in [0.3, 0.4) is 0 Å². The molecule has 0 aliphatic heterocycles. The van der Waals surface area contributed by atoms with Gasteiger partial charge >= 0.3 is 11.9 Å². The number of carboxylic acid groups (broad SMARTS) is 2. The number of hydrogen-bond donors (Lipinski definition) is 4. The van der Waals surface area contributed by atoms with Gasteiger partial charge < -0.3 is 15.3 Å². The molecule has 4 N–H and O–H groups in total. The second-order valence-electron chi connectivity index (χ2n) is 3.51. The first-order chi connectivity index (χ1) is 7.61. The van der Waals surface area contributed by atoms with Crippen molar-refractivity contribution in [2.75, 3.05) is 0 Å². The summed E-state index contributed by atoms with van der Waals surface area (Å²) in [5.41, 5.74) is 0. The van der Waals surface area contributed by atoms with E-state index in [0.29, 0.717) is 6.42 Å². The predicted octanol–water partition coefficient (Wildman–Crippen LogP) is -0.667. The van der Waals surface area contributed by atoms with Crippen LogP contribution in [0, 0.1) is 0 Å². The van der Waals surface area contributed by atoms with E-state index >= 15 is 0 Å². The first-order valence-corrected chi connectivity index (χ1v) is 6.16. The van der Waals surface area contributed by atoms with E-state index in [2.05, 4.69) is 0 Å². The van der Waals surface area contributed by atoms with Crippen molar-refractivity contribution in [1.29, 1.82) is 0 Å². The number of carbonyl (C=O) groups is 2. The third-order valence-corrected chi connectivity index (χ3v) is 3.92. The highest BCUT2D eigenvalue weighted by molar-refractivity contribution is 7.88. The lowest BCUT2D eigenvalue weighted by molar-refractivity contribution is -0.157. The van der Waals surface area contributed by atoms with Crippen LogP contribution in [0.25, 0.3) is 0 Å². The maximum atomic E-state index is 11.1. The van der Waals surface area contributed by atoms with Gasteiger partial charge in [0.1, 0.15) is 0 Å². The monoisotopic (exact) mass is 270 g/mol. The molecule has 0 radical (unpaired) electrons. The van der Waals surface area contributed by atoms with Crippen molar-refractivity contribution in [3.8, 4) is 0 Å². The first kappa shape index (κ1) is 15.8. The van der Waals surface area contributed by atoms with Crippen LogP contribution in [-0.2, 0) is 19.7 Å². The number of aliphatic hydroxyl groups excluding tert-OH is 1. The molecule has 0 aliphatic carbocycles. The quantitative estimate of drug-likeness (QED) is 0.445. The maximum Gasteiger partial charge on any atom is 0.334 e. The van der Waals surface area contributed by atoms with Gasteiger partial charge in [0.15, 0.2) is 6.10 Å². The van der Waals surface area contributed by atoms with Gasteiger partial charge in [-0.15, -0.1) is 0 Å². The summed E-state index contributed by atoms with van der Waals surface area (Å²) in [4.78, 5) is 21.5. The zero-order chi connectivity index (χ0) is 13.9. The van der Waals surface area contributed by atoms with Crippen molar-refractivity contribution >= 4 is 22.1 Å². The average molecular weight is 270 g/mol. The van der Waals surface area contributed by atoms with Crippen LogP contribution in [0.15, 0.2) is 0 Å². The minimum absolute atomic E-state index is 0.0242. The van der Waals surface area contributed by atoms with E-state index in [-0.39, 0.29) is 6.42 Å². The van der Waals surface area contributed by atoms with Crippen molar-refractivity contribution in [3.63, 3.8) is 0 Å². The van der Waals surface area contributed by atoms with Crippen LogP contribution in [0.1, 0.15) is 26.2 Å². The molecule has 17 heavy (non-hydrogen) atoms. The Morgan fingerprint density at radius 3 is 2.00 bits per heavy atom. The van der Waals surface area contributed by atoms with Crippen LogP contribution < -0.4 is 0 Å². The summed E-state index contributed by atoms with van der Waals surface area (Å²) in [5.74, 6) is -4.12. The smallest absolute Gasteiger partial charge is 0.334 e. The van der Waals surface area contributed by atoms with E-state index in [1.807, 2.05) is 0 Å². The third kappa shape index (κ3) is 2.93. The molecule has 0 heterocycles. The van der Waals surface area contributed by atoms with Crippen molar-refractivity contribution in [2.45, 2.75) is 37.0 Å². The van der Waals surface area contributed by atoms with Gasteiger partial charge in [-0.1, -0.05) is 19.8 Å². The van der Waals surface area contributed by atoms with Crippen LogP contribution in [0.4, 0.5) is 0 Å². The highest BCUT2D eigenvalue weighted by Gasteiger charge is 2.58. The van der Waals surface area contributed by atoms with Crippen LogP contribution in [0.2, 0.25) is 0 Å². The minimum Gasteiger partial charge on any atom is -0.480 e. The van der Waals surface area contributed by atoms with Gasteiger partial charge in [0.05, 0.1) is 0 Å². The number of hydrogen-bond acceptors (Lipinski definition) is 5. The normalized spacial score (nSPS) is 17.1. The van der Waals surface area contributed by atoms with E-state index in [1.54, 1.807) is 6.92 Å². The molecule has 2 atom stereocenters. The van der Waals surface area contributed by atoms with E-state index in [1.165, 1.54) is 0 Å². The fourth-order valence-corrected chi connectivity index (χ4v) is 2.39. The molecule has 0 bridgehead atoms. The Balaban J connectivity index is 5.75. The SMILES string of the molecule is CCCCC(C(=O)O)(C(O)C(=O)O)S(=O)(=O)O. The molecular formula is C8H14O8S. The van der Waals surface area contributed by atoms with Crippen molar-refractivity contribution in [3.05, 3.63) is 0 Å². The summed E-state index contributed by atoms with van der Waals surface area (Å²) >= 11 is 0. The lowest BCUT2D eigenvalue weighted by Crippen LogP contribution is -2.58. The summed E-state index contributed by atoms with van der Waals surface area (Å²) in [7, 11) is -5.27.